The molecule has 2 N–H and O–H groups in total. The number of carbonyl (C=O) groups excluding carboxylic acids is 1. The number of ether oxygens (including phenoxy) is 1. The molecule has 1 amide bonds. The number of carbonyl (C=O) groups is 2. The fourth-order valence-corrected chi connectivity index (χ4v) is 1.50. The Morgan fingerprint density at radius 2 is 1.88 bits per heavy atom. The highest BCUT2D eigenvalue weighted by molar-refractivity contribution is 5.83. The third kappa shape index (κ3) is 8.68. The van der Waals surface area contributed by atoms with Crippen molar-refractivity contribution in [3.8, 4) is 0 Å². The van der Waals surface area contributed by atoms with Crippen LogP contribution in [0.25, 0.3) is 0 Å². The topological polar surface area (TPSA) is 75.6 Å². The van der Waals surface area contributed by atoms with Crippen LogP contribution in [0, 0.1) is 0 Å². The molecule has 0 aromatic heterocycles. The number of rotatable bonds is 10. The first-order chi connectivity index (χ1) is 8.11. The number of carboxylic acids is 1. The molecule has 0 aliphatic heterocycles. The molecule has 0 aromatic rings. The normalized spacial score (nSPS) is 12.1. The van der Waals surface area contributed by atoms with Crippen LogP contribution < -0.4 is 5.32 Å². The van der Waals surface area contributed by atoms with Crippen LogP contribution in [0.5, 0.6) is 0 Å². The lowest BCUT2D eigenvalue weighted by Gasteiger charge is -2.13. The summed E-state index contributed by atoms with van der Waals surface area (Å²) in [7, 11) is 1.41. The van der Waals surface area contributed by atoms with E-state index in [1.54, 1.807) is 0 Å². The van der Waals surface area contributed by atoms with E-state index >= 15 is 0 Å². The van der Waals surface area contributed by atoms with Gasteiger partial charge in [0.25, 0.3) is 0 Å². The standard InChI is InChI=1S/C12H23NO4/c1-3-4-5-6-7-8-11(14)13-10(9-17-2)12(15)16/h10H,3-9H2,1-2H3,(H,13,14)(H,15,16). The van der Waals surface area contributed by atoms with Crippen molar-refractivity contribution in [2.75, 3.05) is 13.7 Å². The zero-order valence-electron chi connectivity index (χ0n) is 10.7. The van der Waals surface area contributed by atoms with Gasteiger partial charge in [0.05, 0.1) is 6.61 Å². The zero-order valence-corrected chi connectivity index (χ0v) is 10.7. The van der Waals surface area contributed by atoms with E-state index < -0.39 is 12.0 Å². The second kappa shape index (κ2) is 10.1. The molecule has 0 fully saturated rings. The number of amides is 1. The SMILES string of the molecule is CCCCCCCC(=O)NC(COC)C(=O)O. The minimum Gasteiger partial charge on any atom is -0.480 e. The summed E-state index contributed by atoms with van der Waals surface area (Å²) in [5, 5.41) is 11.2. The molecule has 0 saturated heterocycles. The van der Waals surface area contributed by atoms with Gasteiger partial charge in [0, 0.05) is 13.5 Å². The highest BCUT2D eigenvalue weighted by Crippen LogP contribution is 2.04. The van der Waals surface area contributed by atoms with Gasteiger partial charge in [-0.05, 0) is 6.42 Å². The summed E-state index contributed by atoms with van der Waals surface area (Å²) >= 11 is 0. The molecule has 0 aliphatic carbocycles. The van der Waals surface area contributed by atoms with Crippen molar-refractivity contribution >= 4 is 11.9 Å². The van der Waals surface area contributed by atoms with Gasteiger partial charge in [0.15, 0.2) is 6.04 Å². The fourth-order valence-electron chi connectivity index (χ4n) is 1.50. The summed E-state index contributed by atoms with van der Waals surface area (Å²) in [6.45, 7) is 2.13. The number of unbranched alkanes of at least 4 members (excludes halogenated alkanes) is 4. The van der Waals surface area contributed by atoms with Crippen molar-refractivity contribution in [2.45, 2.75) is 51.5 Å². The van der Waals surface area contributed by atoms with Crippen molar-refractivity contribution in [3.63, 3.8) is 0 Å². The predicted octanol–water partition coefficient (Wildman–Crippen LogP) is 1.56. The van der Waals surface area contributed by atoms with E-state index in [1.807, 2.05) is 0 Å². The van der Waals surface area contributed by atoms with Gasteiger partial charge in [-0.15, -0.1) is 0 Å². The van der Waals surface area contributed by atoms with E-state index in [0.717, 1.165) is 19.3 Å². The third-order valence-electron chi connectivity index (χ3n) is 2.47. The summed E-state index contributed by atoms with van der Waals surface area (Å²) in [6, 6.07) is -0.942. The molecule has 0 rings (SSSR count). The second-order valence-electron chi connectivity index (χ2n) is 4.08. The summed E-state index contributed by atoms with van der Waals surface area (Å²) in [5.41, 5.74) is 0. The van der Waals surface area contributed by atoms with Gasteiger partial charge in [-0.25, -0.2) is 4.79 Å². The van der Waals surface area contributed by atoms with Crippen LogP contribution >= 0.6 is 0 Å². The molecule has 0 bridgehead atoms. The monoisotopic (exact) mass is 245 g/mol. The van der Waals surface area contributed by atoms with Crippen LogP contribution in [0.3, 0.4) is 0 Å². The Bertz CT molecular complexity index is 231. The summed E-state index contributed by atoms with van der Waals surface area (Å²) < 4.78 is 4.73. The van der Waals surface area contributed by atoms with E-state index in [9.17, 15) is 9.59 Å². The van der Waals surface area contributed by atoms with E-state index in [1.165, 1.54) is 20.0 Å². The minimum absolute atomic E-state index is 0.00307. The maximum absolute atomic E-state index is 11.4. The van der Waals surface area contributed by atoms with Crippen molar-refractivity contribution < 1.29 is 19.4 Å². The Kier molecular flexibility index (Phi) is 9.43. The molecule has 0 spiro atoms. The molecule has 0 aliphatic rings. The van der Waals surface area contributed by atoms with Crippen LogP contribution in [-0.2, 0) is 14.3 Å². The first-order valence-electron chi connectivity index (χ1n) is 6.13. The molecule has 0 aromatic carbocycles. The number of hydrogen-bond acceptors (Lipinski definition) is 3. The van der Waals surface area contributed by atoms with Gasteiger partial charge in [-0.2, -0.15) is 0 Å². The maximum Gasteiger partial charge on any atom is 0.328 e. The molecule has 5 nitrogen and oxygen atoms in total. The first-order valence-corrected chi connectivity index (χ1v) is 6.13. The Morgan fingerprint density at radius 1 is 1.24 bits per heavy atom. The molecule has 0 heterocycles. The summed E-state index contributed by atoms with van der Waals surface area (Å²) in [6.07, 6.45) is 5.69. The molecule has 5 heteroatoms. The Hall–Kier alpha value is -1.10. The lowest BCUT2D eigenvalue weighted by atomic mass is 10.1. The summed E-state index contributed by atoms with van der Waals surface area (Å²) in [4.78, 5) is 22.2. The van der Waals surface area contributed by atoms with Gasteiger partial charge in [0.2, 0.25) is 5.91 Å². The average molecular weight is 245 g/mol. The van der Waals surface area contributed by atoms with Crippen LogP contribution in [0.15, 0.2) is 0 Å². The zero-order chi connectivity index (χ0) is 13.1. The lowest BCUT2D eigenvalue weighted by Crippen LogP contribution is -2.43. The van der Waals surface area contributed by atoms with Crippen molar-refractivity contribution in [1.29, 1.82) is 0 Å². The molecule has 0 saturated carbocycles. The number of carboxylic acid groups (broad SMARTS) is 1. The smallest absolute Gasteiger partial charge is 0.328 e. The highest BCUT2D eigenvalue weighted by Gasteiger charge is 2.18. The summed E-state index contributed by atoms with van der Waals surface area (Å²) in [5.74, 6) is -1.28. The molecule has 1 atom stereocenters. The largest absolute Gasteiger partial charge is 0.480 e. The van der Waals surface area contributed by atoms with Crippen LogP contribution in [-0.4, -0.2) is 36.7 Å². The highest BCUT2D eigenvalue weighted by atomic mass is 16.5. The Labute approximate surface area is 103 Å². The van der Waals surface area contributed by atoms with E-state index in [2.05, 4.69) is 12.2 Å². The van der Waals surface area contributed by atoms with Crippen LogP contribution in [0.1, 0.15) is 45.4 Å². The van der Waals surface area contributed by atoms with Gasteiger partial charge < -0.3 is 15.2 Å². The van der Waals surface area contributed by atoms with E-state index in [4.69, 9.17) is 9.84 Å². The minimum atomic E-state index is -1.06. The number of methoxy groups -OCH3 is 1. The van der Waals surface area contributed by atoms with Crippen LogP contribution in [0.4, 0.5) is 0 Å². The van der Waals surface area contributed by atoms with Crippen molar-refractivity contribution in [2.24, 2.45) is 0 Å². The molecule has 100 valence electrons. The first kappa shape index (κ1) is 15.9. The van der Waals surface area contributed by atoms with E-state index in [0.29, 0.717) is 6.42 Å². The maximum atomic E-state index is 11.4. The molecular formula is C12H23NO4. The van der Waals surface area contributed by atoms with Gasteiger partial charge in [0.1, 0.15) is 0 Å². The molecular weight excluding hydrogens is 222 g/mol. The van der Waals surface area contributed by atoms with Gasteiger partial charge >= 0.3 is 5.97 Å². The number of nitrogens with one attached hydrogen (secondary N) is 1. The molecule has 17 heavy (non-hydrogen) atoms. The quantitative estimate of drug-likeness (QED) is 0.573. The lowest BCUT2D eigenvalue weighted by molar-refractivity contribution is -0.143. The second-order valence-corrected chi connectivity index (χ2v) is 4.08. The van der Waals surface area contributed by atoms with E-state index in [-0.39, 0.29) is 12.5 Å². The van der Waals surface area contributed by atoms with Crippen molar-refractivity contribution in [3.05, 3.63) is 0 Å². The fraction of sp³-hybridized carbons (Fsp3) is 0.833. The van der Waals surface area contributed by atoms with Crippen molar-refractivity contribution in [1.82, 2.24) is 5.32 Å². The number of aliphatic carboxylic acids is 1. The Balaban J connectivity index is 3.71. The van der Waals surface area contributed by atoms with Gasteiger partial charge in [-0.3, -0.25) is 4.79 Å². The molecule has 0 radical (unpaired) electrons. The molecule has 1 unspecified atom stereocenters. The average Bonchev–Trinajstić information content (AvgIpc) is 2.28. The van der Waals surface area contributed by atoms with Crippen LogP contribution in [0.2, 0.25) is 0 Å². The number of hydrogen-bond donors (Lipinski definition) is 2. The predicted molar refractivity (Wildman–Crippen MR) is 64.8 cm³/mol. The van der Waals surface area contributed by atoms with Gasteiger partial charge in [-0.1, -0.05) is 32.6 Å². The third-order valence-corrected chi connectivity index (χ3v) is 2.47. The Morgan fingerprint density at radius 3 is 2.41 bits per heavy atom.